The van der Waals surface area contributed by atoms with Crippen LogP contribution in [0.5, 0.6) is 5.75 Å². The van der Waals surface area contributed by atoms with Crippen LogP contribution in [-0.2, 0) is 13.2 Å². The summed E-state index contributed by atoms with van der Waals surface area (Å²) in [6.07, 6.45) is 4.43. The molecule has 102 valence electrons. The van der Waals surface area contributed by atoms with E-state index in [1.165, 1.54) is 0 Å². The van der Waals surface area contributed by atoms with Crippen molar-refractivity contribution in [2.75, 3.05) is 0 Å². The van der Waals surface area contributed by atoms with E-state index in [2.05, 4.69) is 12.0 Å². The Bertz CT molecular complexity index is 571. The van der Waals surface area contributed by atoms with E-state index in [4.69, 9.17) is 14.3 Å². The second-order valence-corrected chi connectivity index (χ2v) is 4.26. The minimum atomic E-state index is -1.07. The highest BCUT2D eigenvalue weighted by Crippen LogP contribution is 2.17. The molecule has 0 saturated carbocycles. The smallest absolute Gasteiger partial charge is 0.372 e. The Hall–Kier alpha value is -2.24. The third-order valence-corrected chi connectivity index (χ3v) is 2.61. The second kappa shape index (κ2) is 5.60. The highest BCUT2D eigenvalue weighted by molar-refractivity contribution is 5.86. The van der Waals surface area contributed by atoms with Crippen LogP contribution in [0.2, 0.25) is 0 Å². The molecule has 0 radical (unpaired) electrons. The maximum Gasteiger partial charge on any atom is 0.372 e. The third kappa shape index (κ3) is 3.15. The Morgan fingerprint density at radius 2 is 2.37 bits per heavy atom. The second-order valence-electron chi connectivity index (χ2n) is 4.26. The van der Waals surface area contributed by atoms with Gasteiger partial charge in [-0.2, -0.15) is 5.10 Å². The molecule has 0 spiro atoms. The van der Waals surface area contributed by atoms with Crippen LogP contribution in [0.4, 0.5) is 0 Å². The highest BCUT2D eigenvalue weighted by Gasteiger charge is 2.14. The molecule has 0 bridgehead atoms. The zero-order chi connectivity index (χ0) is 13.8. The van der Waals surface area contributed by atoms with Gasteiger partial charge in [-0.3, -0.25) is 4.68 Å². The van der Waals surface area contributed by atoms with Gasteiger partial charge in [0, 0.05) is 12.1 Å². The van der Waals surface area contributed by atoms with E-state index in [-0.39, 0.29) is 12.4 Å². The van der Waals surface area contributed by atoms with Crippen molar-refractivity contribution in [3.8, 4) is 5.75 Å². The number of carboxylic acid groups (broad SMARTS) is 1. The van der Waals surface area contributed by atoms with Gasteiger partial charge < -0.3 is 14.3 Å². The maximum atomic E-state index is 10.8. The summed E-state index contributed by atoms with van der Waals surface area (Å²) in [5, 5.41) is 13.0. The molecule has 2 aromatic rings. The fourth-order valence-electron chi connectivity index (χ4n) is 1.76. The van der Waals surface area contributed by atoms with Crippen molar-refractivity contribution in [3.63, 3.8) is 0 Å². The number of ether oxygens (including phenoxy) is 1. The lowest BCUT2D eigenvalue weighted by molar-refractivity contribution is 0.0657. The molecule has 19 heavy (non-hydrogen) atoms. The molecular weight excluding hydrogens is 248 g/mol. The number of aromatic nitrogens is 2. The molecule has 6 heteroatoms. The van der Waals surface area contributed by atoms with Gasteiger partial charge >= 0.3 is 5.97 Å². The lowest BCUT2D eigenvalue weighted by Gasteiger charge is -1.99. The van der Waals surface area contributed by atoms with E-state index < -0.39 is 5.97 Å². The summed E-state index contributed by atoms with van der Waals surface area (Å²) < 4.78 is 12.5. The van der Waals surface area contributed by atoms with Crippen LogP contribution in [0.1, 0.15) is 35.2 Å². The van der Waals surface area contributed by atoms with E-state index in [0.29, 0.717) is 17.1 Å². The molecule has 0 saturated heterocycles. The SMILES string of the molecule is CCCn1cc(OCc2cc(C)c(C(=O)O)o2)cn1. The Morgan fingerprint density at radius 3 is 3.00 bits per heavy atom. The van der Waals surface area contributed by atoms with Crippen LogP contribution in [0.15, 0.2) is 22.9 Å². The number of rotatable bonds is 6. The molecule has 0 aliphatic rings. The predicted molar refractivity (Wildman–Crippen MR) is 67.3 cm³/mol. The van der Waals surface area contributed by atoms with Gasteiger partial charge in [0.25, 0.3) is 0 Å². The lowest BCUT2D eigenvalue weighted by Crippen LogP contribution is -1.96. The van der Waals surface area contributed by atoms with E-state index in [9.17, 15) is 4.79 Å². The van der Waals surface area contributed by atoms with Crippen molar-refractivity contribution in [2.45, 2.75) is 33.4 Å². The largest absolute Gasteiger partial charge is 0.482 e. The number of carbonyl (C=O) groups is 1. The predicted octanol–water partition coefficient (Wildman–Crippen LogP) is 2.47. The van der Waals surface area contributed by atoms with Crippen molar-refractivity contribution in [3.05, 3.63) is 35.5 Å². The minimum absolute atomic E-state index is 0.0414. The van der Waals surface area contributed by atoms with Gasteiger partial charge in [0.2, 0.25) is 5.76 Å². The zero-order valence-corrected chi connectivity index (χ0v) is 10.9. The first kappa shape index (κ1) is 13.2. The molecule has 2 aromatic heterocycles. The van der Waals surface area contributed by atoms with Crippen molar-refractivity contribution in [1.82, 2.24) is 9.78 Å². The minimum Gasteiger partial charge on any atom is -0.482 e. The number of hydrogen-bond donors (Lipinski definition) is 1. The Balaban J connectivity index is 1.98. The van der Waals surface area contributed by atoms with Crippen molar-refractivity contribution < 1.29 is 19.1 Å². The normalized spacial score (nSPS) is 10.6. The Morgan fingerprint density at radius 1 is 1.58 bits per heavy atom. The highest BCUT2D eigenvalue weighted by atomic mass is 16.5. The Kier molecular flexibility index (Phi) is 3.89. The van der Waals surface area contributed by atoms with Crippen LogP contribution in [0, 0.1) is 6.92 Å². The first-order valence-corrected chi connectivity index (χ1v) is 6.08. The van der Waals surface area contributed by atoms with Crippen molar-refractivity contribution in [2.24, 2.45) is 0 Å². The van der Waals surface area contributed by atoms with Gasteiger partial charge in [-0.15, -0.1) is 0 Å². The van der Waals surface area contributed by atoms with Crippen LogP contribution in [0.3, 0.4) is 0 Å². The number of carboxylic acids is 1. The molecule has 2 heterocycles. The lowest BCUT2D eigenvalue weighted by atomic mass is 10.3. The summed E-state index contributed by atoms with van der Waals surface area (Å²) in [5.74, 6) is 0.0114. The Labute approximate surface area is 110 Å². The molecule has 0 amide bonds. The van der Waals surface area contributed by atoms with Crippen LogP contribution in [0.25, 0.3) is 0 Å². The first-order chi connectivity index (χ1) is 9.10. The summed E-state index contributed by atoms with van der Waals surface area (Å²) in [4.78, 5) is 10.8. The summed E-state index contributed by atoms with van der Waals surface area (Å²) in [6, 6.07) is 1.67. The molecule has 6 nitrogen and oxygen atoms in total. The number of aryl methyl sites for hydroxylation is 2. The fourth-order valence-corrected chi connectivity index (χ4v) is 1.76. The quantitative estimate of drug-likeness (QED) is 0.867. The number of nitrogens with zero attached hydrogens (tertiary/aromatic N) is 2. The molecule has 0 atom stereocenters. The van der Waals surface area contributed by atoms with Crippen molar-refractivity contribution in [1.29, 1.82) is 0 Å². The van der Waals surface area contributed by atoms with E-state index in [0.717, 1.165) is 13.0 Å². The zero-order valence-electron chi connectivity index (χ0n) is 10.9. The molecule has 2 rings (SSSR count). The van der Waals surface area contributed by atoms with E-state index in [1.54, 1.807) is 30.1 Å². The van der Waals surface area contributed by atoms with Gasteiger partial charge in [-0.25, -0.2) is 4.79 Å². The third-order valence-electron chi connectivity index (χ3n) is 2.61. The monoisotopic (exact) mass is 264 g/mol. The summed E-state index contributed by atoms with van der Waals surface area (Å²) in [5.41, 5.74) is 0.591. The maximum absolute atomic E-state index is 10.8. The van der Waals surface area contributed by atoms with E-state index >= 15 is 0 Å². The molecule has 0 fully saturated rings. The molecule has 0 aliphatic heterocycles. The van der Waals surface area contributed by atoms with Gasteiger partial charge in [0.1, 0.15) is 12.4 Å². The molecule has 0 aliphatic carbocycles. The molecule has 1 N–H and O–H groups in total. The van der Waals surface area contributed by atoms with Crippen LogP contribution >= 0.6 is 0 Å². The first-order valence-electron chi connectivity index (χ1n) is 6.08. The van der Waals surface area contributed by atoms with Crippen LogP contribution in [-0.4, -0.2) is 20.9 Å². The topological polar surface area (TPSA) is 77.5 Å². The standard InChI is InChI=1S/C13H16N2O4/c1-3-4-15-7-11(6-14-15)18-8-10-5-9(2)12(19-10)13(16)17/h5-7H,3-4,8H2,1-2H3,(H,16,17). The summed E-state index contributed by atoms with van der Waals surface area (Å²) in [7, 11) is 0. The molecule has 0 unspecified atom stereocenters. The fraction of sp³-hybridized carbons (Fsp3) is 0.385. The average Bonchev–Trinajstić information content (AvgIpc) is 2.94. The van der Waals surface area contributed by atoms with Crippen molar-refractivity contribution >= 4 is 5.97 Å². The van der Waals surface area contributed by atoms with E-state index in [1.807, 2.05) is 0 Å². The summed E-state index contributed by atoms with van der Waals surface area (Å²) in [6.45, 7) is 4.79. The van der Waals surface area contributed by atoms with Gasteiger partial charge in [-0.1, -0.05) is 6.92 Å². The van der Waals surface area contributed by atoms with Gasteiger partial charge in [0.15, 0.2) is 5.75 Å². The van der Waals surface area contributed by atoms with Crippen LogP contribution < -0.4 is 4.74 Å². The number of aromatic carboxylic acids is 1. The number of furan rings is 1. The number of hydrogen-bond acceptors (Lipinski definition) is 4. The molecular formula is C13H16N2O4. The average molecular weight is 264 g/mol. The van der Waals surface area contributed by atoms with Gasteiger partial charge in [0.05, 0.1) is 12.4 Å². The molecule has 0 aromatic carbocycles. The summed E-state index contributed by atoms with van der Waals surface area (Å²) >= 11 is 0. The van der Waals surface area contributed by atoms with Gasteiger partial charge in [-0.05, 0) is 19.4 Å².